The van der Waals surface area contributed by atoms with Gasteiger partial charge in [-0.15, -0.1) is 0 Å². The molecule has 0 aliphatic rings. The van der Waals surface area contributed by atoms with E-state index < -0.39 is 5.91 Å². The zero-order valence-electron chi connectivity index (χ0n) is 10.4. The molecule has 0 unspecified atom stereocenters. The number of primary amides is 1. The lowest BCUT2D eigenvalue weighted by Gasteiger charge is -2.11. The van der Waals surface area contributed by atoms with E-state index in [-0.39, 0.29) is 17.8 Å². The van der Waals surface area contributed by atoms with Gasteiger partial charge in [-0.25, -0.2) is 0 Å². The summed E-state index contributed by atoms with van der Waals surface area (Å²) in [5, 5.41) is 4.08. The molecule has 6 nitrogen and oxygen atoms in total. The van der Waals surface area contributed by atoms with Gasteiger partial charge in [0.25, 0.3) is 0 Å². The number of hydrogen-bond donors (Lipinski definition) is 1. The number of halogens is 1. The van der Waals surface area contributed by atoms with Crippen LogP contribution in [0.2, 0.25) is 5.02 Å². The number of rotatable bonds is 4. The van der Waals surface area contributed by atoms with Gasteiger partial charge < -0.3 is 15.0 Å². The first-order chi connectivity index (χ1) is 8.97. The predicted octanol–water partition coefficient (Wildman–Crippen LogP) is 2.28. The number of carbonyl (C=O) groups excluding carboxylic acids is 1. The summed E-state index contributed by atoms with van der Waals surface area (Å²) in [6, 6.07) is 5.06. The molecule has 0 atom stereocenters. The van der Waals surface area contributed by atoms with Gasteiger partial charge in [0.05, 0.1) is 11.1 Å². The van der Waals surface area contributed by atoms with Crippen molar-refractivity contribution in [1.82, 2.24) is 10.1 Å². The molecule has 2 N–H and O–H groups in total. The molecule has 2 rings (SSSR count). The molecule has 0 bridgehead atoms. The lowest BCUT2D eigenvalue weighted by molar-refractivity contribution is 0.0958. The smallest absolute Gasteiger partial charge is 0.316 e. The second kappa shape index (κ2) is 5.27. The third kappa shape index (κ3) is 3.03. The molecule has 7 heteroatoms. The van der Waals surface area contributed by atoms with Crippen LogP contribution in [0.5, 0.6) is 5.75 Å². The van der Waals surface area contributed by atoms with Gasteiger partial charge in [-0.3, -0.25) is 4.79 Å². The monoisotopic (exact) mass is 281 g/mol. The molecule has 2 aromatic rings. The van der Waals surface area contributed by atoms with Gasteiger partial charge in [0.15, 0.2) is 0 Å². The molecule has 1 heterocycles. The Labute approximate surface area is 114 Å². The number of carbonyl (C=O) groups is 1. The molecule has 0 saturated heterocycles. The van der Waals surface area contributed by atoms with Crippen LogP contribution in [0.4, 0.5) is 0 Å². The molecule has 0 saturated carbocycles. The molecule has 19 heavy (non-hydrogen) atoms. The first-order valence-corrected chi connectivity index (χ1v) is 5.95. The molecule has 1 amide bonds. The molecule has 1 aromatic carbocycles. The Hall–Kier alpha value is -2.08. The van der Waals surface area contributed by atoms with E-state index in [0.29, 0.717) is 16.3 Å². The Morgan fingerprint density at radius 1 is 1.47 bits per heavy atom. The topological polar surface area (TPSA) is 91.2 Å². The number of hydrogen-bond acceptors (Lipinski definition) is 5. The van der Waals surface area contributed by atoms with Crippen molar-refractivity contribution >= 4 is 17.5 Å². The third-order valence-electron chi connectivity index (χ3n) is 2.19. The fraction of sp³-hybridized carbons (Fsp3) is 0.250. The van der Waals surface area contributed by atoms with E-state index in [1.165, 1.54) is 0 Å². The first-order valence-electron chi connectivity index (χ1n) is 5.57. The Balaban J connectivity index is 2.30. The van der Waals surface area contributed by atoms with E-state index in [2.05, 4.69) is 10.1 Å². The fourth-order valence-electron chi connectivity index (χ4n) is 1.43. The maximum Gasteiger partial charge on any atom is 0.316 e. The molecule has 100 valence electrons. The van der Waals surface area contributed by atoms with Crippen molar-refractivity contribution in [3.63, 3.8) is 0 Å². The predicted molar refractivity (Wildman–Crippen MR) is 69.0 cm³/mol. The summed E-state index contributed by atoms with van der Waals surface area (Å²) >= 11 is 6.09. The van der Waals surface area contributed by atoms with Crippen molar-refractivity contribution in [1.29, 1.82) is 0 Å². The third-order valence-corrected chi connectivity index (χ3v) is 2.48. The van der Waals surface area contributed by atoms with Crippen LogP contribution >= 0.6 is 11.6 Å². The lowest BCUT2D eigenvalue weighted by Crippen LogP contribution is -2.11. The Bertz CT molecular complexity index is 610. The highest BCUT2D eigenvalue weighted by molar-refractivity contribution is 6.32. The molecule has 0 spiro atoms. The van der Waals surface area contributed by atoms with Crippen LogP contribution < -0.4 is 10.5 Å². The number of aromatic nitrogens is 2. The second-order valence-electron chi connectivity index (χ2n) is 4.10. The molecular weight excluding hydrogens is 270 g/mol. The van der Waals surface area contributed by atoms with Crippen molar-refractivity contribution in [2.24, 2.45) is 5.73 Å². The Morgan fingerprint density at radius 2 is 2.21 bits per heavy atom. The summed E-state index contributed by atoms with van der Waals surface area (Å²) in [6.45, 7) is 3.81. The largest absolute Gasteiger partial charge is 0.489 e. The normalized spacial score (nSPS) is 10.7. The van der Waals surface area contributed by atoms with Crippen LogP contribution in [0, 0.1) is 0 Å². The molecule has 1 aromatic heterocycles. The van der Waals surface area contributed by atoms with Crippen molar-refractivity contribution in [3.8, 4) is 17.1 Å². The van der Waals surface area contributed by atoms with Crippen LogP contribution in [0.1, 0.15) is 24.5 Å². The van der Waals surface area contributed by atoms with E-state index in [4.69, 9.17) is 26.6 Å². The highest BCUT2D eigenvalue weighted by Gasteiger charge is 2.14. The van der Waals surface area contributed by atoms with Gasteiger partial charge >= 0.3 is 11.8 Å². The van der Waals surface area contributed by atoms with Crippen LogP contribution in [0.3, 0.4) is 0 Å². The van der Waals surface area contributed by atoms with Crippen LogP contribution in [0.15, 0.2) is 22.7 Å². The van der Waals surface area contributed by atoms with E-state index >= 15 is 0 Å². The number of nitrogens with two attached hydrogens (primary N) is 1. The fourth-order valence-corrected chi connectivity index (χ4v) is 1.66. The van der Waals surface area contributed by atoms with Crippen LogP contribution in [-0.2, 0) is 0 Å². The van der Waals surface area contributed by atoms with Crippen molar-refractivity contribution in [2.75, 3.05) is 0 Å². The number of amides is 1. The summed E-state index contributed by atoms with van der Waals surface area (Å²) in [6.07, 6.45) is 0.0231. The Kier molecular flexibility index (Phi) is 3.71. The quantitative estimate of drug-likeness (QED) is 0.928. The van der Waals surface area contributed by atoms with E-state index in [1.54, 1.807) is 18.2 Å². The van der Waals surface area contributed by atoms with Gasteiger partial charge in [-0.1, -0.05) is 16.8 Å². The maximum atomic E-state index is 10.9. The first kappa shape index (κ1) is 13.4. The lowest BCUT2D eigenvalue weighted by atomic mass is 10.2. The van der Waals surface area contributed by atoms with Crippen molar-refractivity contribution < 1.29 is 14.1 Å². The van der Waals surface area contributed by atoms with Gasteiger partial charge in [0.2, 0.25) is 5.82 Å². The highest BCUT2D eigenvalue weighted by Crippen LogP contribution is 2.29. The minimum absolute atomic E-state index is 0.0231. The van der Waals surface area contributed by atoms with E-state index in [9.17, 15) is 4.79 Å². The number of ether oxygens (including phenoxy) is 1. The summed E-state index contributed by atoms with van der Waals surface area (Å²) in [7, 11) is 0. The Morgan fingerprint density at radius 3 is 2.74 bits per heavy atom. The van der Waals surface area contributed by atoms with Gasteiger partial charge in [-0.05, 0) is 32.0 Å². The minimum Gasteiger partial charge on any atom is -0.489 e. The zero-order valence-corrected chi connectivity index (χ0v) is 11.1. The van der Waals surface area contributed by atoms with Crippen LogP contribution in [-0.4, -0.2) is 22.2 Å². The number of nitrogens with zero attached hydrogens (tertiary/aromatic N) is 2. The molecule has 0 radical (unpaired) electrons. The van der Waals surface area contributed by atoms with Gasteiger partial charge in [0.1, 0.15) is 5.75 Å². The minimum atomic E-state index is -0.774. The molecular formula is C12H12ClN3O3. The summed E-state index contributed by atoms with van der Waals surface area (Å²) in [5.74, 6) is -0.205. The summed E-state index contributed by atoms with van der Waals surface area (Å²) in [4.78, 5) is 14.7. The average Bonchev–Trinajstić information content (AvgIpc) is 2.80. The van der Waals surface area contributed by atoms with Gasteiger partial charge in [-0.2, -0.15) is 4.98 Å². The zero-order chi connectivity index (χ0) is 14.0. The van der Waals surface area contributed by atoms with Crippen LogP contribution in [0.25, 0.3) is 11.4 Å². The SMILES string of the molecule is CC(C)Oc1ccc(-c2noc(C(N)=O)n2)cc1Cl. The van der Waals surface area contributed by atoms with E-state index in [0.717, 1.165) is 0 Å². The molecule has 0 fully saturated rings. The van der Waals surface area contributed by atoms with Gasteiger partial charge in [0, 0.05) is 5.56 Å². The molecule has 0 aliphatic heterocycles. The maximum absolute atomic E-state index is 10.9. The van der Waals surface area contributed by atoms with E-state index in [1.807, 2.05) is 13.8 Å². The number of benzene rings is 1. The highest BCUT2D eigenvalue weighted by atomic mass is 35.5. The summed E-state index contributed by atoms with van der Waals surface area (Å²) in [5.41, 5.74) is 5.64. The average molecular weight is 282 g/mol. The van der Waals surface area contributed by atoms with Crippen molar-refractivity contribution in [2.45, 2.75) is 20.0 Å². The van der Waals surface area contributed by atoms with Crippen molar-refractivity contribution in [3.05, 3.63) is 29.1 Å². The second-order valence-corrected chi connectivity index (χ2v) is 4.51. The molecule has 0 aliphatic carbocycles. The summed E-state index contributed by atoms with van der Waals surface area (Å²) < 4.78 is 10.2. The standard InChI is InChI=1S/C12H12ClN3O3/c1-6(2)18-9-4-3-7(5-8(9)13)11-15-12(10(14)17)19-16-11/h3-6H,1-2H3,(H2,14,17).